The molecule has 26 heavy (non-hydrogen) atoms. The van der Waals surface area contributed by atoms with Crippen molar-refractivity contribution < 1.29 is 14.7 Å². The van der Waals surface area contributed by atoms with Crippen LogP contribution in [0.2, 0.25) is 0 Å². The Kier molecular flexibility index (Phi) is 5.17. The summed E-state index contributed by atoms with van der Waals surface area (Å²) in [4.78, 5) is 50.2. The van der Waals surface area contributed by atoms with E-state index in [9.17, 15) is 24.3 Å². The molecular weight excluding hydrogens is 358 g/mol. The van der Waals surface area contributed by atoms with Gasteiger partial charge >= 0.3 is 11.7 Å². The van der Waals surface area contributed by atoms with Gasteiger partial charge in [0.15, 0.2) is 0 Å². The van der Waals surface area contributed by atoms with E-state index in [1.807, 2.05) is 0 Å². The molecule has 1 aromatic heterocycles. The van der Waals surface area contributed by atoms with Gasteiger partial charge in [-0.3, -0.25) is 19.1 Å². The summed E-state index contributed by atoms with van der Waals surface area (Å²) in [5, 5.41) is 12.5. The van der Waals surface area contributed by atoms with Gasteiger partial charge in [-0.1, -0.05) is 12.1 Å². The van der Waals surface area contributed by atoms with Crippen LogP contribution in [0.4, 0.5) is 0 Å². The number of aromatic nitrogens is 2. The van der Waals surface area contributed by atoms with Crippen LogP contribution >= 0.6 is 11.8 Å². The molecular formula is C17H19N3O5S. The van der Waals surface area contributed by atoms with Crippen molar-refractivity contribution in [3.63, 3.8) is 0 Å². The second-order valence-corrected chi connectivity index (χ2v) is 7.45. The Balaban J connectivity index is 1.78. The van der Waals surface area contributed by atoms with Crippen LogP contribution in [-0.4, -0.2) is 43.6 Å². The van der Waals surface area contributed by atoms with E-state index in [1.54, 1.807) is 36.0 Å². The van der Waals surface area contributed by atoms with E-state index in [1.165, 1.54) is 4.57 Å². The minimum absolute atomic E-state index is 0.0480. The number of carbonyl (C=O) groups is 2. The lowest BCUT2D eigenvalue weighted by molar-refractivity contribution is -0.148. The number of carboxylic acids is 1. The van der Waals surface area contributed by atoms with E-state index in [4.69, 9.17) is 0 Å². The van der Waals surface area contributed by atoms with E-state index in [0.29, 0.717) is 35.3 Å². The highest BCUT2D eigenvalue weighted by Gasteiger charge is 2.41. The molecule has 0 saturated carbocycles. The van der Waals surface area contributed by atoms with Gasteiger partial charge in [0.05, 0.1) is 10.9 Å². The fourth-order valence-corrected chi connectivity index (χ4v) is 4.31. The zero-order valence-corrected chi connectivity index (χ0v) is 14.8. The number of thioether (sulfide) groups is 1. The highest BCUT2D eigenvalue weighted by molar-refractivity contribution is 7.99. The molecule has 1 amide bonds. The van der Waals surface area contributed by atoms with Gasteiger partial charge in [0, 0.05) is 13.0 Å². The fraction of sp³-hybridized carbons (Fsp3) is 0.412. The number of rotatable bonds is 5. The molecule has 3 N–H and O–H groups in total. The van der Waals surface area contributed by atoms with Crippen LogP contribution in [0.3, 0.4) is 0 Å². The molecule has 1 aromatic carbocycles. The summed E-state index contributed by atoms with van der Waals surface area (Å²) in [7, 11) is 0. The molecule has 138 valence electrons. The quantitative estimate of drug-likeness (QED) is 0.699. The molecule has 0 spiro atoms. The van der Waals surface area contributed by atoms with Crippen LogP contribution in [0.15, 0.2) is 33.9 Å². The largest absolute Gasteiger partial charge is 0.480 e. The van der Waals surface area contributed by atoms with Crippen molar-refractivity contribution in [3.05, 3.63) is 45.1 Å². The van der Waals surface area contributed by atoms with E-state index in [-0.39, 0.29) is 13.0 Å². The number of amides is 1. The van der Waals surface area contributed by atoms with Crippen LogP contribution in [0, 0.1) is 0 Å². The first-order valence-corrected chi connectivity index (χ1v) is 9.42. The lowest BCUT2D eigenvalue weighted by atomic mass is 9.92. The van der Waals surface area contributed by atoms with Gasteiger partial charge in [-0.2, -0.15) is 11.8 Å². The third kappa shape index (κ3) is 3.52. The van der Waals surface area contributed by atoms with E-state index in [0.717, 1.165) is 0 Å². The number of benzene rings is 1. The Morgan fingerprint density at radius 3 is 2.62 bits per heavy atom. The first-order valence-electron chi connectivity index (χ1n) is 8.27. The first-order chi connectivity index (χ1) is 12.4. The Morgan fingerprint density at radius 2 is 1.92 bits per heavy atom. The number of hydrogen-bond acceptors (Lipinski definition) is 5. The van der Waals surface area contributed by atoms with Crippen molar-refractivity contribution in [1.82, 2.24) is 14.9 Å². The average molecular weight is 377 g/mol. The van der Waals surface area contributed by atoms with Crippen molar-refractivity contribution in [1.29, 1.82) is 0 Å². The van der Waals surface area contributed by atoms with Crippen LogP contribution in [-0.2, 0) is 16.1 Å². The molecule has 1 aliphatic heterocycles. The standard InChI is InChI=1S/C17H19N3O5S/c21-13(19-17(15(23)24)6-9-26-10-7-17)5-8-20-12-4-2-1-3-11(12)14(22)18-16(20)25/h1-4H,5-10H2,(H,19,21)(H,23,24)(H,18,22,25). The number of aryl methyl sites for hydroxylation is 1. The second kappa shape index (κ2) is 7.36. The van der Waals surface area contributed by atoms with Crippen LogP contribution < -0.4 is 16.6 Å². The number of fused-ring (bicyclic) bond motifs is 1. The Labute approximate surface area is 152 Å². The molecule has 0 radical (unpaired) electrons. The van der Waals surface area contributed by atoms with Crippen molar-refractivity contribution in [3.8, 4) is 0 Å². The predicted octanol–water partition coefficient (Wildman–Crippen LogP) is 0.546. The predicted molar refractivity (Wildman–Crippen MR) is 98.5 cm³/mol. The van der Waals surface area contributed by atoms with Crippen molar-refractivity contribution in [2.24, 2.45) is 0 Å². The minimum atomic E-state index is -1.24. The number of aromatic amines is 1. The maximum absolute atomic E-state index is 12.3. The number of hydrogen-bond donors (Lipinski definition) is 3. The average Bonchev–Trinajstić information content (AvgIpc) is 2.62. The summed E-state index contributed by atoms with van der Waals surface area (Å²) < 4.78 is 1.32. The number of H-pyrrole nitrogens is 1. The number of carboxylic acid groups (broad SMARTS) is 1. The first kappa shape index (κ1) is 18.2. The second-order valence-electron chi connectivity index (χ2n) is 6.23. The van der Waals surface area contributed by atoms with Gasteiger partial charge in [-0.15, -0.1) is 0 Å². The molecule has 0 atom stereocenters. The highest BCUT2D eigenvalue weighted by atomic mass is 32.2. The van der Waals surface area contributed by atoms with Gasteiger partial charge in [0.1, 0.15) is 5.54 Å². The molecule has 1 saturated heterocycles. The molecule has 0 aliphatic carbocycles. The van der Waals surface area contributed by atoms with Crippen LogP contribution in [0.5, 0.6) is 0 Å². The topological polar surface area (TPSA) is 121 Å². The van der Waals surface area contributed by atoms with E-state index in [2.05, 4.69) is 10.3 Å². The lowest BCUT2D eigenvalue weighted by Crippen LogP contribution is -2.56. The number of nitrogens with one attached hydrogen (secondary N) is 2. The molecule has 2 heterocycles. The van der Waals surface area contributed by atoms with Crippen molar-refractivity contribution in [2.45, 2.75) is 31.3 Å². The fourth-order valence-electron chi connectivity index (χ4n) is 3.12. The van der Waals surface area contributed by atoms with E-state index < -0.39 is 28.7 Å². The van der Waals surface area contributed by atoms with Gasteiger partial charge in [-0.05, 0) is 36.5 Å². The van der Waals surface area contributed by atoms with Crippen molar-refractivity contribution >= 4 is 34.5 Å². The van der Waals surface area contributed by atoms with Gasteiger partial charge in [0.25, 0.3) is 5.56 Å². The normalized spacial score (nSPS) is 16.3. The third-order valence-electron chi connectivity index (χ3n) is 4.60. The number of nitrogens with zero attached hydrogens (tertiary/aromatic N) is 1. The summed E-state index contributed by atoms with van der Waals surface area (Å²) in [6.45, 7) is 0.0480. The van der Waals surface area contributed by atoms with Gasteiger partial charge < -0.3 is 10.4 Å². The zero-order chi connectivity index (χ0) is 18.7. The number of aliphatic carboxylic acids is 1. The maximum Gasteiger partial charge on any atom is 0.329 e. The number of carbonyl (C=O) groups excluding carboxylic acids is 1. The molecule has 0 unspecified atom stereocenters. The number of para-hydroxylation sites is 1. The maximum atomic E-state index is 12.3. The Morgan fingerprint density at radius 1 is 1.23 bits per heavy atom. The van der Waals surface area contributed by atoms with Gasteiger partial charge in [-0.25, -0.2) is 9.59 Å². The Bertz CT molecular complexity index is 959. The Hall–Kier alpha value is -2.55. The molecule has 1 fully saturated rings. The van der Waals surface area contributed by atoms with E-state index >= 15 is 0 Å². The summed E-state index contributed by atoms with van der Waals surface area (Å²) in [5.74, 6) is -0.105. The minimum Gasteiger partial charge on any atom is -0.480 e. The monoisotopic (exact) mass is 377 g/mol. The summed E-state index contributed by atoms with van der Waals surface area (Å²) in [6, 6.07) is 6.64. The SMILES string of the molecule is O=C(CCn1c(=O)[nH]c(=O)c2ccccc21)NC1(C(=O)O)CCSCC1. The summed E-state index contributed by atoms with van der Waals surface area (Å²) in [5.41, 5.74) is -1.86. The highest BCUT2D eigenvalue weighted by Crippen LogP contribution is 2.27. The lowest BCUT2D eigenvalue weighted by Gasteiger charge is -2.33. The molecule has 0 bridgehead atoms. The third-order valence-corrected chi connectivity index (χ3v) is 5.59. The molecule has 3 rings (SSSR count). The van der Waals surface area contributed by atoms with Gasteiger partial charge in [0.2, 0.25) is 5.91 Å². The molecule has 8 nitrogen and oxygen atoms in total. The van der Waals surface area contributed by atoms with Crippen LogP contribution in [0.25, 0.3) is 10.9 Å². The summed E-state index contributed by atoms with van der Waals surface area (Å²) >= 11 is 1.66. The van der Waals surface area contributed by atoms with Crippen molar-refractivity contribution in [2.75, 3.05) is 11.5 Å². The molecule has 9 heteroatoms. The molecule has 1 aliphatic rings. The zero-order valence-electron chi connectivity index (χ0n) is 14.0. The molecule has 2 aromatic rings. The van der Waals surface area contributed by atoms with Crippen LogP contribution in [0.1, 0.15) is 19.3 Å². The smallest absolute Gasteiger partial charge is 0.329 e. The summed E-state index contributed by atoms with van der Waals surface area (Å²) in [6.07, 6.45) is 0.693.